The van der Waals surface area contributed by atoms with E-state index in [1.54, 1.807) is 6.07 Å². The molecule has 0 amide bonds. The molecule has 0 aliphatic rings. The highest BCUT2D eigenvalue weighted by Crippen LogP contribution is 2.16. The van der Waals surface area contributed by atoms with Crippen LogP contribution in [0.1, 0.15) is 15.9 Å². The van der Waals surface area contributed by atoms with Gasteiger partial charge in [-0.3, -0.25) is 4.79 Å². The molecule has 0 aliphatic carbocycles. The van der Waals surface area contributed by atoms with Gasteiger partial charge in [-0.05, 0) is 23.8 Å². The summed E-state index contributed by atoms with van der Waals surface area (Å²) in [5.74, 6) is -1.71. The predicted octanol–water partition coefficient (Wildman–Crippen LogP) is 2.39. The third-order valence-corrected chi connectivity index (χ3v) is 2.87. The van der Waals surface area contributed by atoms with Gasteiger partial charge in [-0.2, -0.15) is 0 Å². The van der Waals surface area contributed by atoms with Crippen LogP contribution in [0.3, 0.4) is 0 Å². The summed E-state index contributed by atoms with van der Waals surface area (Å²) in [6, 6.07) is 6.56. The van der Waals surface area contributed by atoms with Crippen molar-refractivity contribution in [1.82, 2.24) is 4.57 Å². The highest BCUT2D eigenvalue weighted by atomic mass is 35.5. The standard InChI is InChI=1S/C13H9ClFNO3/c14-10-3-1-8(5-11(10)15)6-16-7-9(13(18)19)2-4-12(16)17/h1-5,7H,6H2,(H,18,19). The summed E-state index contributed by atoms with van der Waals surface area (Å²) in [6.45, 7) is 0.0774. The first-order chi connectivity index (χ1) is 8.97. The molecule has 2 aromatic rings. The number of carbonyl (C=O) groups is 1. The van der Waals surface area contributed by atoms with E-state index in [9.17, 15) is 14.0 Å². The number of halogens is 2. The lowest BCUT2D eigenvalue weighted by atomic mass is 10.2. The Morgan fingerprint density at radius 3 is 2.68 bits per heavy atom. The van der Waals surface area contributed by atoms with Crippen molar-refractivity contribution in [3.63, 3.8) is 0 Å². The second-order valence-corrected chi connectivity index (χ2v) is 4.34. The van der Waals surface area contributed by atoms with E-state index in [0.29, 0.717) is 5.56 Å². The van der Waals surface area contributed by atoms with E-state index in [1.165, 1.54) is 29.0 Å². The Morgan fingerprint density at radius 2 is 2.05 bits per heavy atom. The molecule has 1 aromatic heterocycles. The third-order valence-electron chi connectivity index (χ3n) is 2.57. The Morgan fingerprint density at radius 1 is 1.32 bits per heavy atom. The van der Waals surface area contributed by atoms with Crippen LogP contribution in [-0.2, 0) is 6.54 Å². The molecule has 98 valence electrons. The van der Waals surface area contributed by atoms with E-state index in [1.807, 2.05) is 0 Å². The molecule has 0 aliphatic heterocycles. The summed E-state index contributed by atoms with van der Waals surface area (Å²) in [5, 5.41) is 8.85. The third kappa shape index (κ3) is 3.00. The van der Waals surface area contributed by atoms with Crippen LogP contribution in [0.2, 0.25) is 5.02 Å². The van der Waals surface area contributed by atoms with Gasteiger partial charge in [0, 0.05) is 12.3 Å². The number of benzene rings is 1. The lowest BCUT2D eigenvalue weighted by Gasteiger charge is -2.07. The number of rotatable bonds is 3. The minimum absolute atomic E-state index is 0.00427. The lowest BCUT2D eigenvalue weighted by Crippen LogP contribution is -2.20. The van der Waals surface area contributed by atoms with Crippen molar-refractivity contribution in [2.45, 2.75) is 6.54 Å². The first-order valence-corrected chi connectivity index (χ1v) is 5.73. The van der Waals surface area contributed by atoms with Crippen LogP contribution < -0.4 is 5.56 Å². The van der Waals surface area contributed by atoms with Crippen LogP contribution >= 0.6 is 11.6 Å². The van der Waals surface area contributed by atoms with E-state index in [-0.39, 0.29) is 22.7 Å². The summed E-state index contributed by atoms with van der Waals surface area (Å²) >= 11 is 5.56. The van der Waals surface area contributed by atoms with Gasteiger partial charge < -0.3 is 9.67 Å². The summed E-state index contributed by atoms with van der Waals surface area (Å²) in [5.41, 5.74) is 0.154. The van der Waals surface area contributed by atoms with Crippen LogP contribution in [0.25, 0.3) is 0 Å². The van der Waals surface area contributed by atoms with Crippen molar-refractivity contribution in [1.29, 1.82) is 0 Å². The van der Waals surface area contributed by atoms with Crippen molar-refractivity contribution >= 4 is 17.6 Å². The molecule has 6 heteroatoms. The van der Waals surface area contributed by atoms with Gasteiger partial charge in [0.25, 0.3) is 5.56 Å². The maximum Gasteiger partial charge on any atom is 0.337 e. The topological polar surface area (TPSA) is 59.3 Å². The molecule has 0 saturated heterocycles. The van der Waals surface area contributed by atoms with Gasteiger partial charge >= 0.3 is 5.97 Å². The highest BCUT2D eigenvalue weighted by Gasteiger charge is 2.07. The van der Waals surface area contributed by atoms with Gasteiger partial charge in [0.2, 0.25) is 0 Å². The molecular formula is C13H9ClFNO3. The molecule has 0 bridgehead atoms. The maximum absolute atomic E-state index is 13.3. The fourth-order valence-corrected chi connectivity index (χ4v) is 1.73. The Kier molecular flexibility index (Phi) is 3.66. The molecule has 0 atom stereocenters. The number of hydrogen-bond acceptors (Lipinski definition) is 2. The molecule has 0 radical (unpaired) electrons. The van der Waals surface area contributed by atoms with Crippen molar-refractivity contribution < 1.29 is 14.3 Å². The SMILES string of the molecule is O=C(O)c1ccc(=O)n(Cc2ccc(Cl)c(F)c2)c1. The van der Waals surface area contributed by atoms with E-state index in [0.717, 1.165) is 6.07 Å². The van der Waals surface area contributed by atoms with Crippen molar-refractivity contribution in [2.24, 2.45) is 0 Å². The highest BCUT2D eigenvalue weighted by molar-refractivity contribution is 6.30. The quantitative estimate of drug-likeness (QED) is 0.940. The molecular weight excluding hydrogens is 273 g/mol. The molecule has 4 nitrogen and oxygen atoms in total. The van der Waals surface area contributed by atoms with Crippen LogP contribution in [-0.4, -0.2) is 15.6 Å². The van der Waals surface area contributed by atoms with Crippen LogP contribution in [0.4, 0.5) is 4.39 Å². The normalized spacial score (nSPS) is 10.4. The molecule has 1 aromatic carbocycles. The molecule has 0 fully saturated rings. The molecule has 0 unspecified atom stereocenters. The monoisotopic (exact) mass is 281 g/mol. The molecule has 2 rings (SSSR count). The Hall–Kier alpha value is -2.14. The number of pyridine rings is 1. The molecule has 19 heavy (non-hydrogen) atoms. The zero-order chi connectivity index (χ0) is 14.0. The van der Waals surface area contributed by atoms with E-state index in [2.05, 4.69) is 0 Å². The smallest absolute Gasteiger partial charge is 0.337 e. The van der Waals surface area contributed by atoms with E-state index in [4.69, 9.17) is 16.7 Å². The number of aromatic carboxylic acids is 1. The summed E-state index contributed by atoms with van der Waals surface area (Å²) in [4.78, 5) is 22.4. The fourth-order valence-electron chi connectivity index (χ4n) is 1.62. The van der Waals surface area contributed by atoms with Crippen LogP contribution in [0.15, 0.2) is 41.3 Å². The Bertz CT molecular complexity index is 697. The second-order valence-electron chi connectivity index (χ2n) is 3.94. The van der Waals surface area contributed by atoms with E-state index >= 15 is 0 Å². The van der Waals surface area contributed by atoms with Crippen molar-refractivity contribution in [3.8, 4) is 0 Å². The van der Waals surface area contributed by atoms with Gasteiger partial charge in [0.05, 0.1) is 17.1 Å². The average molecular weight is 282 g/mol. The van der Waals surface area contributed by atoms with E-state index < -0.39 is 11.8 Å². The summed E-state index contributed by atoms with van der Waals surface area (Å²) in [6.07, 6.45) is 1.22. The molecule has 1 heterocycles. The zero-order valence-electron chi connectivity index (χ0n) is 9.64. The number of carboxylic acids is 1. The maximum atomic E-state index is 13.3. The van der Waals surface area contributed by atoms with Gasteiger partial charge in [-0.25, -0.2) is 9.18 Å². The average Bonchev–Trinajstić information content (AvgIpc) is 2.36. The predicted molar refractivity (Wildman–Crippen MR) is 68.2 cm³/mol. The number of hydrogen-bond donors (Lipinski definition) is 1. The van der Waals surface area contributed by atoms with Crippen LogP contribution in [0.5, 0.6) is 0 Å². The van der Waals surface area contributed by atoms with Gasteiger partial charge in [-0.1, -0.05) is 17.7 Å². The second kappa shape index (κ2) is 5.24. The molecule has 0 spiro atoms. The molecule has 1 N–H and O–H groups in total. The van der Waals surface area contributed by atoms with Crippen LogP contribution in [0, 0.1) is 5.82 Å². The van der Waals surface area contributed by atoms with Gasteiger partial charge in [0.1, 0.15) is 5.82 Å². The molecule has 0 saturated carbocycles. The Labute approximate surface area is 112 Å². The van der Waals surface area contributed by atoms with Gasteiger partial charge in [-0.15, -0.1) is 0 Å². The van der Waals surface area contributed by atoms with Gasteiger partial charge in [0.15, 0.2) is 0 Å². The van der Waals surface area contributed by atoms with Crippen molar-refractivity contribution in [2.75, 3.05) is 0 Å². The lowest BCUT2D eigenvalue weighted by molar-refractivity contribution is 0.0696. The number of aromatic nitrogens is 1. The minimum atomic E-state index is -1.13. The largest absolute Gasteiger partial charge is 0.478 e. The zero-order valence-corrected chi connectivity index (χ0v) is 10.4. The summed E-state index contributed by atoms with van der Waals surface area (Å²) < 4.78 is 14.5. The Balaban J connectivity index is 2.37. The van der Waals surface area contributed by atoms with Crippen molar-refractivity contribution in [3.05, 3.63) is 68.8 Å². The number of carboxylic acid groups (broad SMARTS) is 1. The first-order valence-electron chi connectivity index (χ1n) is 5.35. The summed E-state index contributed by atoms with van der Waals surface area (Å²) in [7, 11) is 0. The minimum Gasteiger partial charge on any atom is -0.478 e. The number of nitrogens with zero attached hydrogens (tertiary/aromatic N) is 1. The first kappa shape index (κ1) is 13.3. The fraction of sp³-hybridized carbons (Fsp3) is 0.0769.